The molecule has 3 aromatic carbocycles. The Morgan fingerprint density at radius 2 is 1.69 bits per heavy atom. The van der Waals surface area contributed by atoms with E-state index in [1.54, 1.807) is 0 Å². The molecule has 0 bridgehead atoms. The molecule has 4 aromatic rings. The van der Waals surface area contributed by atoms with Crippen LogP contribution in [0.4, 0.5) is 0 Å². The molecule has 0 unspecified atom stereocenters. The topological polar surface area (TPSA) is 12.9 Å². The molecule has 1 aliphatic rings. The maximum Gasteiger partial charge on any atom is 0.0607 e. The van der Waals surface area contributed by atoms with E-state index in [2.05, 4.69) is 79.7 Å². The van der Waals surface area contributed by atoms with Gasteiger partial charge in [-0.3, -0.25) is 4.98 Å². The molecule has 0 amide bonds. The van der Waals surface area contributed by atoms with Crippen molar-refractivity contribution in [2.24, 2.45) is 0 Å². The number of benzene rings is 3. The Balaban J connectivity index is 0.00000168. The third kappa shape index (κ3) is 2.63. The molecule has 1 heterocycles. The number of hydrogen-bond donors (Lipinski definition) is 0. The van der Waals surface area contributed by atoms with Gasteiger partial charge in [0.05, 0.1) is 5.52 Å². The number of nitrogens with zero attached hydrogens (tertiary/aromatic N) is 1. The average molecular weight is 511 g/mol. The van der Waals surface area contributed by atoms with E-state index in [0.29, 0.717) is 0 Å². The molecule has 127 valence electrons. The Bertz CT molecular complexity index is 1140. The molecule has 1 aromatic heterocycles. The summed E-state index contributed by atoms with van der Waals surface area (Å²) in [7, 11) is 0. The summed E-state index contributed by atoms with van der Waals surface area (Å²) in [5, 5.41) is 1.27. The maximum absolute atomic E-state index is 4.97. The van der Waals surface area contributed by atoms with Crippen LogP contribution in [0.2, 0.25) is 0 Å². The predicted octanol–water partition coefficient (Wildman–Crippen LogP) is 6.16. The molecular formula is C24H16IrN-. The summed E-state index contributed by atoms with van der Waals surface area (Å²) >= 11 is 0. The van der Waals surface area contributed by atoms with Crippen molar-refractivity contribution in [1.29, 1.82) is 0 Å². The summed E-state index contributed by atoms with van der Waals surface area (Å²) in [6, 6.07) is 26.4. The first-order valence-corrected chi connectivity index (χ1v) is 8.50. The van der Waals surface area contributed by atoms with Gasteiger partial charge in [-0.2, -0.15) is 0 Å². The van der Waals surface area contributed by atoms with Gasteiger partial charge >= 0.3 is 0 Å². The van der Waals surface area contributed by atoms with Crippen LogP contribution in [0, 0.1) is 13.0 Å². The van der Waals surface area contributed by atoms with Crippen molar-refractivity contribution >= 4 is 23.1 Å². The molecule has 0 fully saturated rings. The fourth-order valence-corrected chi connectivity index (χ4v) is 3.66. The molecule has 0 N–H and O–H groups in total. The van der Waals surface area contributed by atoms with E-state index in [9.17, 15) is 0 Å². The first-order valence-electron chi connectivity index (χ1n) is 8.50. The fourth-order valence-electron chi connectivity index (χ4n) is 3.66. The second kappa shape index (κ2) is 6.64. The molecule has 1 radical (unpaired) electrons. The van der Waals surface area contributed by atoms with E-state index >= 15 is 0 Å². The van der Waals surface area contributed by atoms with Crippen LogP contribution < -0.4 is 0 Å². The van der Waals surface area contributed by atoms with Gasteiger partial charge in [0.1, 0.15) is 0 Å². The maximum atomic E-state index is 4.97. The molecule has 5 rings (SSSR count). The summed E-state index contributed by atoms with van der Waals surface area (Å²) in [4.78, 5) is 4.97. The van der Waals surface area contributed by atoms with Crippen molar-refractivity contribution < 1.29 is 20.1 Å². The van der Waals surface area contributed by atoms with Gasteiger partial charge in [0.25, 0.3) is 0 Å². The fraction of sp³-hybridized carbons (Fsp3) is 0.0417. The van der Waals surface area contributed by atoms with E-state index in [4.69, 9.17) is 4.98 Å². The molecule has 1 nitrogen and oxygen atoms in total. The Kier molecular flexibility index (Phi) is 4.32. The van der Waals surface area contributed by atoms with Gasteiger partial charge in [-0.05, 0) is 35.4 Å². The van der Waals surface area contributed by atoms with E-state index in [-0.39, 0.29) is 20.1 Å². The van der Waals surface area contributed by atoms with Crippen LogP contribution in [-0.4, -0.2) is 4.98 Å². The van der Waals surface area contributed by atoms with Crippen LogP contribution in [0.1, 0.15) is 16.7 Å². The Morgan fingerprint density at radius 3 is 2.54 bits per heavy atom. The van der Waals surface area contributed by atoms with Gasteiger partial charge in [0.15, 0.2) is 0 Å². The number of pyridine rings is 1. The van der Waals surface area contributed by atoms with Crippen molar-refractivity contribution in [1.82, 2.24) is 4.98 Å². The van der Waals surface area contributed by atoms with Crippen LogP contribution in [0.25, 0.3) is 45.4 Å². The van der Waals surface area contributed by atoms with Crippen molar-refractivity contribution in [2.45, 2.75) is 6.92 Å². The van der Waals surface area contributed by atoms with Crippen LogP contribution in [-0.2, 0) is 20.1 Å². The van der Waals surface area contributed by atoms with Gasteiger partial charge in [0, 0.05) is 25.5 Å². The van der Waals surface area contributed by atoms with Crippen molar-refractivity contribution in [3.05, 3.63) is 89.5 Å². The first kappa shape index (κ1) is 16.9. The summed E-state index contributed by atoms with van der Waals surface area (Å²) in [5.74, 6) is 0. The zero-order chi connectivity index (χ0) is 16.8. The molecule has 0 aliphatic heterocycles. The van der Waals surface area contributed by atoms with Crippen molar-refractivity contribution in [3.8, 4) is 22.4 Å². The zero-order valence-electron chi connectivity index (χ0n) is 14.3. The van der Waals surface area contributed by atoms with Gasteiger partial charge in [-0.1, -0.05) is 60.2 Å². The quantitative estimate of drug-likeness (QED) is 0.259. The first-order chi connectivity index (χ1) is 12.3. The van der Waals surface area contributed by atoms with Gasteiger partial charge in [0.2, 0.25) is 0 Å². The Hall–Kier alpha value is -2.54. The number of hydrogen-bond acceptors (Lipinski definition) is 1. The number of rotatable bonds is 2. The summed E-state index contributed by atoms with van der Waals surface area (Å²) < 4.78 is 0. The van der Waals surface area contributed by atoms with Crippen LogP contribution in [0.3, 0.4) is 0 Å². The Labute approximate surface area is 166 Å². The molecule has 1 aliphatic carbocycles. The average Bonchev–Trinajstić information content (AvgIpc) is 3.11. The molecular weight excluding hydrogens is 494 g/mol. The smallest absolute Gasteiger partial charge is 0.0607 e. The molecule has 0 saturated heterocycles. The van der Waals surface area contributed by atoms with Crippen LogP contribution >= 0.6 is 0 Å². The third-order valence-electron chi connectivity index (χ3n) is 4.93. The second-order valence-corrected chi connectivity index (χ2v) is 6.43. The van der Waals surface area contributed by atoms with E-state index in [0.717, 1.165) is 16.8 Å². The number of aromatic nitrogens is 1. The standard InChI is InChI=1S/C24H16N.Ir/c1-16-21-14-13-18-9-6-12-22(23(18)21)25-24(16)20-11-5-10-19(15-20)17-7-3-2-4-8-17;/h2-10,12-15H,1H3;/q-1;. The third-order valence-corrected chi connectivity index (χ3v) is 4.93. The minimum atomic E-state index is 0. The molecule has 0 atom stereocenters. The van der Waals surface area contributed by atoms with Crippen molar-refractivity contribution in [3.63, 3.8) is 0 Å². The molecule has 2 heteroatoms. The molecule has 26 heavy (non-hydrogen) atoms. The molecule has 0 saturated carbocycles. The summed E-state index contributed by atoms with van der Waals surface area (Å²) in [6.07, 6.45) is 4.39. The van der Waals surface area contributed by atoms with Gasteiger partial charge in [-0.15, -0.1) is 35.4 Å². The van der Waals surface area contributed by atoms with Crippen LogP contribution in [0.5, 0.6) is 0 Å². The monoisotopic (exact) mass is 511 g/mol. The van der Waals surface area contributed by atoms with Gasteiger partial charge in [-0.25, -0.2) is 0 Å². The van der Waals surface area contributed by atoms with E-state index < -0.39 is 0 Å². The Morgan fingerprint density at radius 1 is 0.846 bits per heavy atom. The van der Waals surface area contributed by atoms with E-state index in [1.807, 2.05) is 12.1 Å². The molecule has 0 spiro atoms. The zero-order valence-corrected chi connectivity index (χ0v) is 16.7. The van der Waals surface area contributed by atoms with E-state index in [1.165, 1.54) is 33.2 Å². The largest absolute Gasteiger partial charge is 0.296 e. The predicted molar refractivity (Wildman–Crippen MR) is 105 cm³/mol. The van der Waals surface area contributed by atoms with Gasteiger partial charge < -0.3 is 0 Å². The normalized spacial score (nSPS) is 11.6. The summed E-state index contributed by atoms with van der Waals surface area (Å²) in [6.45, 7) is 2.16. The SMILES string of the molecule is Cc1c(-c2[c-]ccc(-c3ccccc3)c2)nc2cccc3c2c1C=C3.[Ir]. The van der Waals surface area contributed by atoms with Crippen molar-refractivity contribution in [2.75, 3.05) is 0 Å². The van der Waals surface area contributed by atoms with Crippen LogP contribution in [0.15, 0.2) is 66.7 Å². The minimum Gasteiger partial charge on any atom is -0.296 e. The second-order valence-electron chi connectivity index (χ2n) is 6.43. The summed E-state index contributed by atoms with van der Waals surface area (Å²) in [5.41, 5.74) is 9.28. The minimum absolute atomic E-state index is 0.